The SMILES string of the molecule is COc1ccc2[nH]c3c(=O)[nH]nc(-c4ccccc4)c3c2c1. The zero-order valence-electron chi connectivity index (χ0n) is 11.9. The van der Waals surface area contributed by atoms with Gasteiger partial charge in [0.2, 0.25) is 0 Å². The standard InChI is InChI=1S/C17H13N3O2/c1-22-11-7-8-13-12(9-11)14-15(10-5-3-2-4-6-10)19-20-17(21)16(14)18-13/h2-9,18H,1H3,(H,20,21). The Morgan fingerprint density at radius 2 is 1.91 bits per heavy atom. The van der Waals surface area contributed by atoms with Crippen LogP contribution in [0.1, 0.15) is 0 Å². The van der Waals surface area contributed by atoms with Crippen LogP contribution in [0.5, 0.6) is 5.75 Å². The first-order valence-electron chi connectivity index (χ1n) is 6.91. The Morgan fingerprint density at radius 1 is 1.09 bits per heavy atom. The van der Waals surface area contributed by atoms with Crippen molar-refractivity contribution >= 4 is 21.8 Å². The van der Waals surface area contributed by atoms with Crippen molar-refractivity contribution in [2.45, 2.75) is 0 Å². The number of aromatic amines is 2. The van der Waals surface area contributed by atoms with Gasteiger partial charge in [0, 0.05) is 21.9 Å². The van der Waals surface area contributed by atoms with Gasteiger partial charge in [0.15, 0.2) is 0 Å². The molecule has 0 aliphatic heterocycles. The molecule has 0 amide bonds. The Kier molecular flexibility index (Phi) is 2.72. The highest BCUT2D eigenvalue weighted by Crippen LogP contribution is 2.32. The van der Waals surface area contributed by atoms with Gasteiger partial charge in [-0.1, -0.05) is 30.3 Å². The fourth-order valence-electron chi connectivity index (χ4n) is 2.74. The average molecular weight is 291 g/mol. The molecule has 5 nitrogen and oxygen atoms in total. The van der Waals surface area contributed by atoms with E-state index in [9.17, 15) is 4.79 Å². The van der Waals surface area contributed by atoms with E-state index in [1.807, 2.05) is 48.5 Å². The second kappa shape index (κ2) is 4.73. The minimum Gasteiger partial charge on any atom is -0.497 e. The fraction of sp³-hybridized carbons (Fsp3) is 0.0588. The van der Waals surface area contributed by atoms with Gasteiger partial charge in [0.05, 0.1) is 7.11 Å². The molecule has 0 spiro atoms. The summed E-state index contributed by atoms with van der Waals surface area (Å²) >= 11 is 0. The van der Waals surface area contributed by atoms with Crippen LogP contribution in [0.2, 0.25) is 0 Å². The summed E-state index contributed by atoms with van der Waals surface area (Å²) in [6, 6.07) is 15.5. The van der Waals surface area contributed by atoms with E-state index in [-0.39, 0.29) is 5.56 Å². The number of nitrogens with one attached hydrogen (secondary N) is 2. The molecule has 2 aromatic heterocycles. The summed E-state index contributed by atoms with van der Waals surface area (Å²) in [5.41, 5.74) is 2.87. The summed E-state index contributed by atoms with van der Waals surface area (Å²) in [5, 5.41) is 8.55. The van der Waals surface area contributed by atoms with Gasteiger partial charge in [0.1, 0.15) is 17.0 Å². The maximum Gasteiger partial charge on any atom is 0.288 e. The topological polar surface area (TPSA) is 70.8 Å². The van der Waals surface area contributed by atoms with Gasteiger partial charge >= 0.3 is 0 Å². The summed E-state index contributed by atoms with van der Waals surface area (Å²) in [7, 11) is 1.62. The van der Waals surface area contributed by atoms with Crippen LogP contribution in [0.25, 0.3) is 33.1 Å². The minimum absolute atomic E-state index is 0.232. The molecule has 5 heteroatoms. The van der Waals surface area contributed by atoms with Crippen molar-refractivity contribution in [3.8, 4) is 17.0 Å². The van der Waals surface area contributed by atoms with Gasteiger partial charge in [-0.2, -0.15) is 5.10 Å². The van der Waals surface area contributed by atoms with Crippen LogP contribution in [-0.2, 0) is 0 Å². The highest BCUT2D eigenvalue weighted by Gasteiger charge is 2.15. The molecule has 0 atom stereocenters. The molecule has 0 saturated heterocycles. The van der Waals surface area contributed by atoms with Crippen molar-refractivity contribution in [2.75, 3.05) is 7.11 Å². The monoisotopic (exact) mass is 291 g/mol. The third kappa shape index (κ3) is 1.79. The normalized spacial score (nSPS) is 11.1. The molecule has 0 radical (unpaired) electrons. The Hall–Kier alpha value is -3.08. The lowest BCUT2D eigenvalue weighted by Crippen LogP contribution is -2.09. The zero-order valence-corrected chi connectivity index (χ0v) is 11.9. The van der Waals surface area contributed by atoms with E-state index in [0.717, 1.165) is 33.3 Å². The molecule has 0 unspecified atom stereocenters. The maximum absolute atomic E-state index is 12.1. The molecule has 108 valence electrons. The number of nitrogens with zero attached hydrogens (tertiary/aromatic N) is 1. The molecule has 0 aliphatic rings. The van der Waals surface area contributed by atoms with E-state index >= 15 is 0 Å². The van der Waals surface area contributed by atoms with Crippen LogP contribution < -0.4 is 10.3 Å². The second-order valence-electron chi connectivity index (χ2n) is 5.05. The molecule has 0 saturated carbocycles. The molecule has 0 fully saturated rings. The highest BCUT2D eigenvalue weighted by molar-refractivity contribution is 6.13. The zero-order chi connectivity index (χ0) is 15.1. The van der Waals surface area contributed by atoms with E-state index in [0.29, 0.717) is 5.52 Å². The van der Waals surface area contributed by atoms with Crippen LogP contribution in [0.15, 0.2) is 53.3 Å². The lowest BCUT2D eigenvalue weighted by molar-refractivity contribution is 0.415. The van der Waals surface area contributed by atoms with Gasteiger partial charge in [-0.05, 0) is 18.2 Å². The molecule has 2 aromatic carbocycles. The predicted octanol–water partition coefficient (Wildman–Crippen LogP) is 3.08. The lowest BCUT2D eigenvalue weighted by atomic mass is 10.1. The Bertz CT molecular complexity index is 1030. The van der Waals surface area contributed by atoms with Gasteiger partial charge < -0.3 is 9.72 Å². The van der Waals surface area contributed by atoms with Crippen molar-refractivity contribution < 1.29 is 4.74 Å². The number of ether oxygens (including phenoxy) is 1. The van der Waals surface area contributed by atoms with Crippen molar-refractivity contribution in [1.82, 2.24) is 15.2 Å². The molecule has 0 aliphatic carbocycles. The van der Waals surface area contributed by atoms with E-state index in [1.54, 1.807) is 7.11 Å². The summed E-state index contributed by atoms with van der Waals surface area (Å²) in [5.74, 6) is 0.743. The van der Waals surface area contributed by atoms with Crippen LogP contribution in [0.4, 0.5) is 0 Å². The number of fused-ring (bicyclic) bond motifs is 3. The number of hydrogen-bond acceptors (Lipinski definition) is 3. The predicted molar refractivity (Wildman–Crippen MR) is 86.2 cm³/mol. The molecule has 2 N–H and O–H groups in total. The first-order chi connectivity index (χ1) is 10.8. The van der Waals surface area contributed by atoms with E-state index in [4.69, 9.17) is 4.74 Å². The first kappa shape index (κ1) is 12.6. The molecular formula is C17H13N3O2. The summed E-state index contributed by atoms with van der Waals surface area (Å²) < 4.78 is 5.30. The van der Waals surface area contributed by atoms with Crippen LogP contribution in [0, 0.1) is 0 Å². The fourth-order valence-corrected chi connectivity index (χ4v) is 2.74. The number of rotatable bonds is 2. The van der Waals surface area contributed by atoms with E-state index in [1.165, 1.54) is 0 Å². The van der Waals surface area contributed by atoms with Gasteiger partial charge in [-0.15, -0.1) is 0 Å². The van der Waals surface area contributed by atoms with E-state index in [2.05, 4.69) is 15.2 Å². The molecule has 4 aromatic rings. The molecule has 2 heterocycles. The largest absolute Gasteiger partial charge is 0.497 e. The summed E-state index contributed by atoms with van der Waals surface area (Å²) in [6.07, 6.45) is 0. The summed E-state index contributed by atoms with van der Waals surface area (Å²) in [4.78, 5) is 15.3. The molecule has 22 heavy (non-hydrogen) atoms. The Balaban J connectivity index is 2.18. The van der Waals surface area contributed by atoms with Crippen molar-refractivity contribution in [3.63, 3.8) is 0 Å². The lowest BCUT2D eigenvalue weighted by Gasteiger charge is -2.03. The number of aromatic nitrogens is 3. The van der Waals surface area contributed by atoms with Gasteiger partial charge in [-0.25, -0.2) is 5.10 Å². The smallest absolute Gasteiger partial charge is 0.288 e. The van der Waals surface area contributed by atoms with Crippen molar-refractivity contribution in [1.29, 1.82) is 0 Å². The highest BCUT2D eigenvalue weighted by atomic mass is 16.5. The van der Waals surface area contributed by atoms with Crippen molar-refractivity contribution in [2.24, 2.45) is 0 Å². The third-order valence-corrected chi connectivity index (χ3v) is 3.79. The molecule has 0 bridgehead atoms. The number of H-pyrrole nitrogens is 2. The Morgan fingerprint density at radius 3 is 2.68 bits per heavy atom. The number of benzene rings is 2. The average Bonchev–Trinajstić information content (AvgIpc) is 2.95. The third-order valence-electron chi connectivity index (χ3n) is 3.79. The maximum atomic E-state index is 12.1. The quantitative estimate of drug-likeness (QED) is 0.596. The van der Waals surface area contributed by atoms with Crippen LogP contribution in [-0.4, -0.2) is 22.3 Å². The van der Waals surface area contributed by atoms with Crippen LogP contribution in [0.3, 0.4) is 0 Å². The Labute approximate surface area is 125 Å². The molecular weight excluding hydrogens is 278 g/mol. The van der Waals surface area contributed by atoms with Gasteiger partial charge in [0.25, 0.3) is 5.56 Å². The van der Waals surface area contributed by atoms with Crippen LogP contribution >= 0.6 is 0 Å². The van der Waals surface area contributed by atoms with E-state index < -0.39 is 0 Å². The van der Waals surface area contributed by atoms with Gasteiger partial charge in [-0.3, -0.25) is 4.79 Å². The first-order valence-corrected chi connectivity index (χ1v) is 6.91. The second-order valence-corrected chi connectivity index (χ2v) is 5.05. The van der Waals surface area contributed by atoms with Crippen molar-refractivity contribution in [3.05, 3.63) is 58.9 Å². The number of methoxy groups -OCH3 is 1. The minimum atomic E-state index is -0.232. The molecule has 4 rings (SSSR count). The summed E-state index contributed by atoms with van der Waals surface area (Å²) in [6.45, 7) is 0. The number of hydrogen-bond donors (Lipinski definition) is 2.